The van der Waals surface area contributed by atoms with Gasteiger partial charge in [-0.15, -0.1) is 0 Å². The Balaban J connectivity index is 1.39. The maximum absolute atomic E-state index is 14.5. The van der Waals surface area contributed by atoms with Gasteiger partial charge in [-0.1, -0.05) is 65.8 Å². The first kappa shape index (κ1) is 23.7. The summed E-state index contributed by atoms with van der Waals surface area (Å²) in [5, 5.41) is 21.5. The van der Waals surface area contributed by atoms with E-state index in [0.717, 1.165) is 37.1 Å². The van der Waals surface area contributed by atoms with Gasteiger partial charge in [0.25, 0.3) is 0 Å². The number of fused-ring (bicyclic) bond motifs is 8. The summed E-state index contributed by atoms with van der Waals surface area (Å²) in [6.07, 6.45) is 3.11. The van der Waals surface area contributed by atoms with Gasteiger partial charge in [0.05, 0.1) is 0 Å². The van der Waals surface area contributed by atoms with E-state index in [1.165, 1.54) is 11.1 Å². The molecule has 2 aliphatic carbocycles. The Morgan fingerprint density at radius 3 is 1.50 bits per heavy atom. The maximum Gasteiger partial charge on any atom is 0.320 e. The molecule has 0 saturated carbocycles. The van der Waals surface area contributed by atoms with Crippen molar-refractivity contribution in [3.8, 4) is 11.5 Å². The Hall–Kier alpha value is -2.69. The molecule has 2 fully saturated rings. The molecule has 6 rings (SSSR count). The molecule has 0 radical (unpaired) electrons. The number of piperidine rings is 2. The first-order valence-corrected chi connectivity index (χ1v) is 13.5. The SMILES string of the molecule is CC1(C)[C@@H]2Cc3c(O)cccc3[C@@]1(C)CCN2C(=O)N1CC[C@]2(C)c3cccc(O)c3C[C@H]1C2(C)C. The van der Waals surface area contributed by atoms with Gasteiger partial charge in [0.2, 0.25) is 0 Å². The van der Waals surface area contributed by atoms with Gasteiger partial charge in [0.1, 0.15) is 11.5 Å². The molecule has 2 heterocycles. The van der Waals surface area contributed by atoms with Crippen LogP contribution in [0.15, 0.2) is 36.4 Å². The lowest BCUT2D eigenvalue weighted by Gasteiger charge is -2.64. The molecule has 4 atom stereocenters. The molecule has 2 aromatic rings. The molecule has 2 aliphatic heterocycles. The lowest BCUT2D eigenvalue weighted by molar-refractivity contribution is -0.0545. The highest BCUT2D eigenvalue weighted by Crippen LogP contribution is 2.59. The molecule has 4 bridgehead atoms. The van der Waals surface area contributed by atoms with Crippen LogP contribution in [0.1, 0.15) is 76.6 Å². The molecule has 2 N–H and O–H groups in total. The van der Waals surface area contributed by atoms with Crippen LogP contribution in [0.5, 0.6) is 11.5 Å². The fraction of sp³-hybridized carbons (Fsp3) is 0.581. The monoisotopic (exact) mass is 488 g/mol. The van der Waals surface area contributed by atoms with E-state index >= 15 is 0 Å². The van der Waals surface area contributed by atoms with Gasteiger partial charge in [0, 0.05) is 36.0 Å². The minimum atomic E-state index is -0.126. The highest BCUT2D eigenvalue weighted by Gasteiger charge is 2.61. The molecule has 36 heavy (non-hydrogen) atoms. The minimum absolute atomic E-state index is 0.0188. The van der Waals surface area contributed by atoms with E-state index in [1.54, 1.807) is 12.1 Å². The molecular formula is C31H40N2O3. The standard InChI is InChI=1S/C31H40N2O3/c1-28(2)25-17-19-21(9-7-11-23(19)34)30(28,5)13-15-32(25)27(36)33-16-14-31(6)22-10-8-12-24(35)20(22)18-26(33)29(31,3)4/h7-12,25-26,34-35H,13-18H2,1-6H3/t25-,26-,30+,31+/m0/s1. The molecule has 2 saturated heterocycles. The highest BCUT2D eigenvalue weighted by atomic mass is 16.3. The Morgan fingerprint density at radius 2 is 1.11 bits per heavy atom. The first-order valence-electron chi connectivity index (χ1n) is 13.5. The van der Waals surface area contributed by atoms with Crippen LogP contribution in [0.4, 0.5) is 4.79 Å². The van der Waals surface area contributed by atoms with Crippen LogP contribution in [0, 0.1) is 10.8 Å². The molecule has 5 heteroatoms. The molecule has 192 valence electrons. The van der Waals surface area contributed by atoms with E-state index < -0.39 is 0 Å². The summed E-state index contributed by atoms with van der Waals surface area (Å²) in [6, 6.07) is 12.0. The van der Waals surface area contributed by atoms with Crippen LogP contribution >= 0.6 is 0 Å². The van der Waals surface area contributed by atoms with Crippen molar-refractivity contribution in [1.82, 2.24) is 9.80 Å². The highest BCUT2D eigenvalue weighted by molar-refractivity contribution is 5.77. The van der Waals surface area contributed by atoms with Crippen molar-refractivity contribution < 1.29 is 15.0 Å². The first-order chi connectivity index (χ1) is 16.8. The number of nitrogens with zero attached hydrogens (tertiary/aromatic N) is 2. The number of hydrogen-bond donors (Lipinski definition) is 2. The minimum Gasteiger partial charge on any atom is -0.508 e. The fourth-order valence-electron chi connectivity index (χ4n) is 8.47. The van der Waals surface area contributed by atoms with Crippen molar-refractivity contribution in [2.45, 2.75) is 90.1 Å². The van der Waals surface area contributed by atoms with Crippen LogP contribution in [-0.2, 0) is 23.7 Å². The van der Waals surface area contributed by atoms with Gasteiger partial charge < -0.3 is 20.0 Å². The van der Waals surface area contributed by atoms with Gasteiger partial charge in [-0.25, -0.2) is 4.79 Å². The van der Waals surface area contributed by atoms with Gasteiger partial charge in [0.15, 0.2) is 0 Å². The Kier molecular flexibility index (Phi) is 4.74. The largest absolute Gasteiger partial charge is 0.508 e. The summed E-state index contributed by atoms with van der Waals surface area (Å²) in [7, 11) is 0. The van der Waals surface area contributed by atoms with Crippen LogP contribution in [-0.4, -0.2) is 51.2 Å². The second kappa shape index (κ2) is 7.20. The lowest BCUT2D eigenvalue weighted by Crippen LogP contribution is -2.70. The number of hydrogen-bond acceptors (Lipinski definition) is 3. The zero-order valence-electron chi connectivity index (χ0n) is 22.6. The number of carbonyl (C=O) groups excluding carboxylic acids is 1. The van der Waals surface area contributed by atoms with Gasteiger partial charge in [-0.2, -0.15) is 0 Å². The molecule has 4 aliphatic rings. The third kappa shape index (κ3) is 2.70. The fourth-order valence-corrected chi connectivity index (χ4v) is 8.47. The quantitative estimate of drug-likeness (QED) is 0.497. The number of benzene rings is 2. The van der Waals surface area contributed by atoms with Crippen molar-refractivity contribution in [2.75, 3.05) is 13.1 Å². The van der Waals surface area contributed by atoms with Crippen molar-refractivity contribution >= 4 is 6.03 Å². The molecule has 0 spiro atoms. The van der Waals surface area contributed by atoms with Gasteiger partial charge in [-0.3, -0.25) is 0 Å². The number of phenols is 2. The summed E-state index contributed by atoms with van der Waals surface area (Å²) in [6.45, 7) is 15.3. The average Bonchev–Trinajstić information content (AvgIpc) is 2.79. The van der Waals surface area contributed by atoms with Crippen molar-refractivity contribution in [3.05, 3.63) is 58.7 Å². The number of aromatic hydroxyl groups is 2. The van der Waals surface area contributed by atoms with Crippen molar-refractivity contribution in [1.29, 1.82) is 0 Å². The number of rotatable bonds is 0. The van der Waals surface area contributed by atoms with Gasteiger partial charge in [-0.05, 0) is 70.9 Å². The number of phenolic OH excluding ortho intramolecular Hbond substituents is 2. The zero-order chi connectivity index (χ0) is 25.8. The number of urea groups is 1. The van der Waals surface area contributed by atoms with E-state index in [9.17, 15) is 15.0 Å². The predicted octanol–water partition coefficient (Wildman–Crippen LogP) is 5.75. The third-order valence-corrected chi connectivity index (χ3v) is 11.7. The molecule has 0 aromatic heterocycles. The van der Waals surface area contributed by atoms with Crippen LogP contribution in [0.2, 0.25) is 0 Å². The molecule has 2 amide bonds. The van der Waals surface area contributed by atoms with Gasteiger partial charge >= 0.3 is 6.03 Å². The average molecular weight is 489 g/mol. The van der Waals surface area contributed by atoms with E-state index in [4.69, 9.17) is 0 Å². The summed E-state index contributed by atoms with van der Waals surface area (Å²) in [5.41, 5.74) is 4.04. The molecular weight excluding hydrogens is 448 g/mol. The van der Waals surface area contributed by atoms with E-state index in [-0.39, 0.29) is 39.8 Å². The van der Waals surface area contributed by atoms with E-state index in [0.29, 0.717) is 24.3 Å². The smallest absolute Gasteiger partial charge is 0.320 e. The second-order valence-electron chi connectivity index (χ2n) is 13.3. The predicted molar refractivity (Wildman–Crippen MR) is 142 cm³/mol. The number of carbonyl (C=O) groups is 1. The van der Waals surface area contributed by atoms with Crippen LogP contribution < -0.4 is 0 Å². The third-order valence-electron chi connectivity index (χ3n) is 11.7. The second-order valence-corrected chi connectivity index (χ2v) is 13.3. The molecule has 2 aromatic carbocycles. The topological polar surface area (TPSA) is 64.0 Å². The summed E-state index contributed by atoms with van der Waals surface area (Å²) < 4.78 is 0. The lowest BCUT2D eigenvalue weighted by atomic mass is 9.50. The molecule has 0 unspecified atom stereocenters. The van der Waals surface area contributed by atoms with Crippen LogP contribution in [0.3, 0.4) is 0 Å². The Labute approximate surface area is 215 Å². The Bertz CT molecular complexity index is 1170. The molecule has 5 nitrogen and oxygen atoms in total. The Morgan fingerprint density at radius 1 is 0.722 bits per heavy atom. The summed E-state index contributed by atoms with van der Waals surface area (Å²) >= 11 is 0. The normalized spacial score (nSPS) is 33.5. The number of likely N-dealkylation sites (tertiary alicyclic amines) is 2. The maximum atomic E-state index is 14.5. The van der Waals surface area contributed by atoms with Crippen molar-refractivity contribution in [2.24, 2.45) is 10.8 Å². The van der Waals surface area contributed by atoms with E-state index in [1.807, 2.05) is 12.1 Å². The number of amides is 2. The van der Waals surface area contributed by atoms with Crippen LogP contribution in [0.25, 0.3) is 0 Å². The zero-order valence-corrected chi connectivity index (χ0v) is 22.6. The van der Waals surface area contributed by atoms with Crippen molar-refractivity contribution in [3.63, 3.8) is 0 Å². The summed E-state index contributed by atoms with van der Waals surface area (Å²) in [4.78, 5) is 18.7. The van der Waals surface area contributed by atoms with E-state index in [2.05, 4.69) is 63.5 Å². The summed E-state index contributed by atoms with van der Waals surface area (Å²) in [5.74, 6) is 0.700.